The summed E-state index contributed by atoms with van der Waals surface area (Å²) < 4.78 is 0. The molecule has 2 N–H and O–H groups in total. The van der Waals surface area contributed by atoms with Crippen LogP contribution in [0.3, 0.4) is 0 Å². The number of benzene rings is 1. The number of rotatable bonds is 2. The molecule has 1 aromatic carbocycles. The summed E-state index contributed by atoms with van der Waals surface area (Å²) in [5, 5.41) is 7.89. The van der Waals surface area contributed by atoms with E-state index in [1.54, 1.807) is 6.20 Å². The topological polar surface area (TPSA) is 68.0 Å². The van der Waals surface area contributed by atoms with Crippen molar-refractivity contribution in [3.63, 3.8) is 0 Å². The number of carbonyl (C=O) groups is 1. The number of hydrogen-bond donors (Lipinski definition) is 2. The Kier molecular flexibility index (Phi) is 3.38. The molecule has 0 saturated carbocycles. The fraction of sp³-hybridized carbons (Fsp3) is 0.294. The van der Waals surface area contributed by atoms with E-state index in [0.717, 1.165) is 54.0 Å². The minimum absolute atomic E-state index is 0.110. The van der Waals surface area contributed by atoms with Gasteiger partial charge in [-0.15, -0.1) is 0 Å². The maximum atomic E-state index is 12.9. The molecular formula is C17H19N5O. The Labute approximate surface area is 134 Å². The maximum Gasteiger partial charge on any atom is 0.254 e. The van der Waals surface area contributed by atoms with E-state index in [0.29, 0.717) is 0 Å². The van der Waals surface area contributed by atoms with Crippen LogP contribution < -0.4 is 0 Å². The van der Waals surface area contributed by atoms with Gasteiger partial charge in [0.05, 0.1) is 11.4 Å². The third kappa shape index (κ3) is 2.51. The molecule has 1 fully saturated rings. The van der Waals surface area contributed by atoms with Crippen molar-refractivity contribution in [2.75, 3.05) is 33.2 Å². The van der Waals surface area contributed by atoms with Gasteiger partial charge >= 0.3 is 0 Å². The van der Waals surface area contributed by atoms with Gasteiger partial charge in [-0.2, -0.15) is 5.10 Å². The van der Waals surface area contributed by atoms with Crippen LogP contribution in [0.5, 0.6) is 0 Å². The molecule has 0 unspecified atom stereocenters. The Morgan fingerprint density at radius 3 is 2.70 bits per heavy atom. The molecule has 0 radical (unpaired) electrons. The number of H-pyrrole nitrogens is 2. The number of hydrogen-bond acceptors (Lipinski definition) is 3. The van der Waals surface area contributed by atoms with Crippen LogP contribution in [0.4, 0.5) is 0 Å². The van der Waals surface area contributed by atoms with Gasteiger partial charge in [0.1, 0.15) is 0 Å². The van der Waals surface area contributed by atoms with Gasteiger partial charge in [-0.3, -0.25) is 9.89 Å². The fourth-order valence-corrected chi connectivity index (χ4v) is 3.07. The van der Waals surface area contributed by atoms with Crippen molar-refractivity contribution in [2.45, 2.75) is 0 Å². The van der Waals surface area contributed by atoms with Gasteiger partial charge in [0.2, 0.25) is 0 Å². The summed E-state index contributed by atoms with van der Waals surface area (Å²) in [6, 6.07) is 9.77. The fourth-order valence-electron chi connectivity index (χ4n) is 3.07. The first-order valence-electron chi connectivity index (χ1n) is 7.82. The first-order valence-corrected chi connectivity index (χ1v) is 7.82. The molecule has 0 spiro atoms. The van der Waals surface area contributed by atoms with Gasteiger partial charge in [-0.25, -0.2) is 0 Å². The Balaban J connectivity index is 1.71. The van der Waals surface area contributed by atoms with Gasteiger partial charge in [-0.05, 0) is 31.3 Å². The zero-order chi connectivity index (χ0) is 15.8. The lowest BCUT2D eigenvalue weighted by Gasteiger charge is -2.32. The van der Waals surface area contributed by atoms with Gasteiger partial charge < -0.3 is 14.8 Å². The number of fused-ring (bicyclic) bond motifs is 1. The number of likely N-dealkylation sites (N-methyl/N-ethyl adjacent to an activating group) is 1. The smallest absolute Gasteiger partial charge is 0.254 e. The highest BCUT2D eigenvalue weighted by molar-refractivity contribution is 6.07. The van der Waals surface area contributed by atoms with Crippen LogP contribution in [0.2, 0.25) is 0 Å². The summed E-state index contributed by atoms with van der Waals surface area (Å²) in [4.78, 5) is 20.4. The maximum absolute atomic E-state index is 12.9. The highest BCUT2D eigenvalue weighted by Crippen LogP contribution is 2.26. The summed E-state index contributed by atoms with van der Waals surface area (Å²) in [7, 11) is 2.09. The second-order valence-corrected chi connectivity index (χ2v) is 6.02. The number of amides is 1. The van der Waals surface area contributed by atoms with Crippen LogP contribution >= 0.6 is 0 Å². The summed E-state index contributed by atoms with van der Waals surface area (Å²) in [5.74, 6) is 0.110. The van der Waals surface area contributed by atoms with Crippen LogP contribution in [-0.4, -0.2) is 64.1 Å². The van der Waals surface area contributed by atoms with E-state index in [9.17, 15) is 4.79 Å². The molecule has 0 atom stereocenters. The molecule has 3 aromatic rings. The molecule has 3 heterocycles. The average Bonchev–Trinajstić information content (AvgIpc) is 3.23. The van der Waals surface area contributed by atoms with Crippen molar-refractivity contribution >= 4 is 16.8 Å². The summed E-state index contributed by atoms with van der Waals surface area (Å²) in [6.45, 7) is 3.41. The standard InChI is InChI=1S/C17H19N5O/c1-21-7-9-22(10-8-21)17(23)12-3-2-4-14-13(12)11-16(19-14)15-5-6-18-20-15/h2-6,11,19H,7-10H2,1H3,(H,18,20). The number of piperazine rings is 1. The summed E-state index contributed by atoms with van der Waals surface area (Å²) in [5.41, 5.74) is 3.58. The molecule has 23 heavy (non-hydrogen) atoms. The second kappa shape index (κ2) is 5.55. The Morgan fingerprint density at radius 1 is 1.13 bits per heavy atom. The number of carbonyl (C=O) groups excluding carboxylic acids is 1. The highest BCUT2D eigenvalue weighted by atomic mass is 16.2. The number of aromatic amines is 2. The van der Waals surface area contributed by atoms with E-state index in [1.807, 2.05) is 35.2 Å². The minimum atomic E-state index is 0.110. The third-order valence-electron chi connectivity index (χ3n) is 4.48. The predicted molar refractivity (Wildman–Crippen MR) is 89.3 cm³/mol. The molecule has 2 aromatic heterocycles. The van der Waals surface area contributed by atoms with E-state index in [2.05, 4.69) is 27.1 Å². The second-order valence-electron chi connectivity index (χ2n) is 6.02. The van der Waals surface area contributed by atoms with Crippen molar-refractivity contribution in [2.24, 2.45) is 0 Å². The lowest BCUT2D eigenvalue weighted by Crippen LogP contribution is -2.47. The first kappa shape index (κ1) is 14.0. The Bertz CT molecular complexity index is 828. The summed E-state index contributed by atoms with van der Waals surface area (Å²) >= 11 is 0. The quantitative estimate of drug-likeness (QED) is 0.760. The van der Waals surface area contributed by atoms with Crippen molar-refractivity contribution < 1.29 is 4.79 Å². The van der Waals surface area contributed by atoms with Crippen molar-refractivity contribution in [1.82, 2.24) is 25.0 Å². The van der Waals surface area contributed by atoms with Crippen molar-refractivity contribution in [3.05, 3.63) is 42.1 Å². The molecule has 1 amide bonds. The molecule has 1 saturated heterocycles. The number of nitrogens with one attached hydrogen (secondary N) is 2. The lowest BCUT2D eigenvalue weighted by molar-refractivity contribution is 0.0666. The van der Waals surface area contributed by atoms with Gasteiger partial charge in [0.25, 0.3) is 5.91 Å². The molecule has 1 aliphatic heterocycles. The van der Waals surface area contributed by atoms with Crippen LogP contribution in [0.1, 0.15) is 10.4 Å². The van der Waals surface area contributed by atoms with Gasteiger partial charge in [0.15, 0.2) is 0 Å². The molecule has 6 heteroatoms. The van der Waals surface area contributed by atoms with E-state index in [4.69, 9.17) is 0 Å². The highest BCUT2D eigenvalue weighted by Gasteiger charge is 2.22. The van der Waals surface area contributed by atoms with E-state index in [-0.39, 0.29) is 5.91 Å². The van der Waals surface area contributed by atoms with Crippen LogP contribution in [0.25, 0.3) is 22.3 Å². The first-order chi connectivity index (χ1) is 11.2. The van der Waals surface area contributed by atoms with Gasteiger partial charge in [-0.1, -0.05) is 6.07 Å². The number of nitrogens with zero attached hydrogens (tertiary/aromatic N) is 3. The lowest BCUT2D eigenvalue weighted by atomic mass is 10.1. The SMILES string of the molecule is CN1CCN(C(=O)c2cccc3[nH]c(-c4ccn[nH]4)cc23)CC1. The molecule has 4 rings (SSSR count). The van der Waals surface area contributed by atoms with Crippen molar-refractivity contribution in [3.8, 4) is 11.4 Å². The predicted octanol–water partition coefficient (Wildman–Crippen LogP) is 1.95. The van der Waals surface area contributed by atoms with Crippen molar-refractivity contribution in [1.29, 1.82) is 0 Å². The average molecular weight is 309 g/mol. The summed E-state index contributed by atoms with van der Waals surface area (Å²) in [6.07, 6.45) is 1.72. The molecule has 0 aliphatic carbocycles. The Morgan fingerprint density at radius 2 is 1.96 bits per heavy atom. The molecule has 1 aliphatic rings. The zero-order valence-corrected chi connectivity index (χ0v) is 13.0. The van der Waals surface area contributed by atoms with E-state index >= 15 is 0 Å². The van der Waals surface area contributed by atoms with E-state index in [1.165, 1.54) is 0 Å². The van der Waals surface area contributed by atoms with Crippen LogP contribution in [-0.2, 0) is 0 Å². The van der Waals surface area contributed by atoms with Crippen LogP contribution in [0.15, 0.2) is 36.5 Å². The zero-order valence-electron chi connectivity index (χ0n) is 13.0. The molecule has 0 bridgehead atoms. The largest absolute Gasteiger partial charge is 0.353 e. The normalized spacial score (nSPS) is 16.1. The van der Waals surface area contributed by atoms with E-state index < -0.39 is 0 Å². The van der Waals surface area contributed by atoms with Crippen LogP contribution in [0, 0.1) is 0 Å². The monoisotopic (exact) mass is 309 g/mol. The van der Waals surface area contributed by atoms with Gasteiger partial charge in [0, 0.05) is 48.8 Å². The third-order valence-corrected chi connectivity index (χ3v) is 4.48. The molecule has 6 nitrogen and oxygen atoms in total. The number of aromatic nitrogens is 3. The Hall–Kier alpha value is -2.60. The molecular weight excluding hydrogens is 290 g/mol. The minimum Gasteiger partial charge on any atom is -0.353 e. The molecule has 118 valence electrons.